The minimum atomic E-state index is -0.764. The third kappa shape index (κ3) is 5.52. The van der Waals surface area contributed by atoms with Crippen LogP contribution in [0.1, 0.15) is 38.2 Å². The Bertz CT molecular complexity index is 421. The number of anilines is 1. The molecule has 0 bridgehead atoms. The highest BCUT2D eigenvalue weighted by Gasteiger charge is 2.11. The van der Waals surface area contributed by atoms with Crippen LogP contribution in [0.2, 0.25) is 5.02 Å². The Morgan fingerprint density at radius 3 is 2.68 bits per heavy atom. The molecular weight excluding hydrogens is 262 g/mol. The second-order valence-corrected chi connectivity index (χ2v) is 5.21. The van der Waals surface area contributed by atoms with E-state index < -0.39 is 5.97 Å². The maximum atomic E-state index is 10.8. The maximum Gasteiger partial charge on any atom is 0.305 e. The first kappa shape index (κ1) is 15.8. The van der Waals surface area contributed by atoms with Crippen LogP contribution in [0.3, 0.4) is 0 Å². The Morgan fingerprint density at radius 1 is 1.32 bits per heavy atom. The fourth-order valence-corrected chi connectivity index (χ4v) is 2.23. The number of aryl methyl sites for hydroxylation is 1. The van der Waals surface area contributed by atoms with E-state index in [1.54, 1.807) is 0 Å². The van der Waals surface area contributed by atoms with Gasteiger partial charge in [-0.05, 0) is 31.0 Å². The molecule has 0 fully saturated rings. The van der Waals surface area contributed by atoms with E-state index in [2.05, 4.69) is 11.8 Å². The molecule has 1 aromatic carbocycles. The van der Waals surface area contributed by atoms with Gasteiger partial charge in [-0.2, -0.15) is 0 Å². The molecular formula is C15H22ClNO2. The van der Waals surface area contributed by atoms with Crippen molar-refractivity contribution in [2.24, 2.45) is 0 Å². The van der Waals surface area contributed by atoms with Gasteiger partial charge in [0.1, 0.15) is 0 Å². The highest BCUT2D eigenvalue weighted by molar-refractivity contribution is 6.30. The Labute approximate surface area is 120 Å². The maximum absolute atomic E-state index is 10.8. The zero-order chi connectivity index (χ0) is 14.3. The second kappa shape index (κ2) is 8.05. The first-order valence-electron chi connectivity index (χ1n) is 6.77. The van der Waals surface area contributed by atoms with E-state index in [9.17, 15) is 4.79 Å². The van der Waals surface area contributed by atoms with E-state index in [1.165, 1.54) is 0 Å². The fourth-order valence-electron chi connectivity index (χ4n) is 2.06. The predicted octanol–water partition coefficient (Wildman–Crippen LogP) is 4.12. The molecule has 0 aromatic heterocycles. The standard InChI is InChI=1S/C15H22ClNO2/c1-3-4-5-9-17(10-8-15(18)19)14-11-13(16)7-6-12(14)2/h6-7,11H,3-5,8-10H2,1-2H3,(H,18,19). The summed E-state index contributed by atoms with van der Waals surface area (Å²) in [4.78, 5) is 12.9. The summed E-state index contributed by atoms with van der Waals surface area (Å²) in [6.07, 6.45) is 3.53. The molecule has 0 saturated heterocycles. The summed E-state index contributed by atoms with van der Waals surface area (Å²) >= 11 is 6.04. The lowest BCUT2D eigenvalue weighted by atomic mass is 10.1. The minimum absolute atomic E-state index is 0.151. The molecule has 0 heterocycles. The summed E-state index contributed by atoms with van der Waals surface area (Å²) < 4.78 is 0. The molecule has 1 rings (SSSR count). The molecule has 0 unspecified atom stereocenters. The van der Waals surface area contributed by atoms with E-state index in [-0.39, 0.29) is 6.42 Å². The number of hydrogen-bond donors (Lipinski definition) is 1. The van der Waals surface area contributed by atoms with E-state index in [0.717, 1.165) is 37.1 Å². The van der Waals surface area contributed by atoms with Gasteiger partial charge in [-0.15, -0.1) is 0 Å². The summed E-state index contributed by atoms with van der Waals surface area (Å²) in [5.74, 6) is -0.764. The van der Waals surface area contributed by atoms with Crippen molar-refractivity contribution in [2.75, 3.05) is 18.0 Å². The van der Waals surface area contributed by atoms with Gasteiger partial charge in [-0.3, -0.25) is 4.79 Å². The normalized spacial score (nSPS) is 10.5. The number of hydrogen-bond acceptors (Lipinski definition) is 2. The molecule has 0 aliphatic rings. The number of carboxylic acid groups (broad SMARTS) is 1. The molecule has 1 aromatic rings. The number of carboxylic acids is 1. The van der Waals surface area contributed by atoms with Crippen molar-refractivity contribution in [1.29, 1.82) is 0 Å². The van der Waals surface area contributed by atoms with Crippen molar-refractivity contribution in [1.82, 2.24) is 0 Å². The summed E-state index contributed by atoms with van der Waals surface area (Å²) in [5.41, 5.74) is 2.18. The molecule has 106 valence electrons. The van der Waals surface area contributed by atoms with Gasteiger partial charge in [0.05, 0.1) is 6.42 Å². The summed E-state index contributed by atoms with van der Waals surface area (Å²) in [5, 5.41) is 9.54. The summed E-state index contributed by atoms with van der Waals surface area (Å²) in [7, 11) is 0. The van der Waals surface area contributed by atoms with Gasteiger partial charge in [0.2, 0.25) is 0 Å². The van der Waals surface area contributed by atoms with E-state index >= 15 is 0 Å². The van der Waals surface area contributed by atoms with Crippen LogP contribution in [-0.4, -0.2) is 24.2 Å². The molecule has 0 aliphatic heterocycles. The molecule has 4 heteroatoms. The van der Waals surface area contributed by atoms with Crippen LogP contribution < -0.4 is 4.90 Å². The van der Waals surface area contributed by atoms with Crippen LogP contribution in [0.25, 0.3) is 0 Å². The predicted molar refractivity (Wildman–Crippen MR) is 80.2 cm³/mol. The van der Waals surface area contributed by atoms with Gasteiger partial charge in [-0.1, -0.05) is 37.4 Å². The largest absolute Gasteiger partial charge is 0.481 e. The third-order valence-electron chi connectivity index (χ3n) is 3.14. The number of rotatable bonds is 8. The van der Waals surface area contributed by atoms with E-state index in [4.69, 9.17) is 16.7 Å². The van der Waals surface area contributed by atoms with Gasteiger partial charge >= 0.3 is 5.97 Å². The van der Waals surface area contributed by atoms with Gasteiger partial charge in [-0.25, -0.2) is 0 Å². The topological polar surface area (TPSA) is 40.5 Å². The summed E-state index contributed by atoms with van der Waals surface area (Å²) in [6, 6.07) is 5.76. The summed E-state index contributed by atoms with van der Waals surface area (Å²) in [6.45, 7) is 5.59. The number of unbranched alkanes of at least 4 members (excludes halogenated alkanes) is 2. The number of benzene rings is 1. The zero-order valence-corrected chi connectivity index (χ0v) is 12.4. The highest BCUT2D eigenvalue weighted by Crippen LogP contribution is 2.25. The highest BCUT2D eigenvalue weighted by atomic mass is 35.5. The lowest BCUT2D eigenvalue weighted by Crippen LogP contribution is -2.28. The molecule has 1 N–H and O–H groups in total. The van der Waals surface area contributed by atoms with Gasteiger partial charge in [0, 0.05) is 23.8 Å². The first-order valence-corrected chi connectivity index (χ1v) is 7.15. The molecule has 0 spiro atoms. The van der Waals surface area contributed by atoms with Crippen LogP contribution in [0.15, 0.2) is 18.2 Å². The van der Waals surface area contributed by atoms with Crippen molar-refractivity contribution >= 4 is 23.3 Å². The first-order chi connectivity index (χ1) is 9.04. The van der Waals surface area contributed by atoms with Crippen LogP contribution >= 0.6 is 11.6 Å². The fraction of sp³-hybridized carbons (Fsp3) is 0.533. The Hall–Kier alpha value is -1.22. The molecule has 0 radical (unpaired) electrons. The van der Waals surface area contributed by atoms with E-state index in [0.29, 0.717) is 11.6 Å². The molecule has 0 saturated carbocycles. The number of halogens is 1. The van der Waals surface area contributed by atoms with E-state index in [1.807, 2.05) is 25.1 Å². The number of aliphatic carboxylic acids is 1. The SMILES string of the molecule is CCCCCN(CCC(=O)O)c1cc(Cl)ccc1C. The van der Waals surface area contributed by atoms with Crippen molar-refractivity contribution in [3.05, 3.63) is 28.8 Å². The molecule has 19 heavy (non-hydrogen) atoms. The van der Waals surface area contributed by atoms with Crippen molar-refractivity contribution in [3.8, 4) is 0 Å². The van der Waals surface area contributed by atoms with Crippen LogP contribution in [0.5, 0.6) is 0 Å². The third-order valence-corrected chi connectivity index (χ3v) is 3.37. The van der Waals surface area contributed by atoms with Gasteiger partial charge in [0.25, 0.3) is 0 Å². The minimum Gasteiger partial charge on any atom is -0.481 e. The van der Waals surface area contributed by atoms with Gasteiger partial charge in [0.15, 0.2) is 0 Å². The zero-order valence-electron chi connectivity index (χ0n) is 11.7. The monoisotopic (exact) mass is 283 g/mol. The van der Waals surface area contributed by atoms with Crippen molar-refractivity contribution in [3.63, 3.8) is 0 Å². The Balaban J connectivity index is 2.80. The Kier molecular flexibility index (Phi) is 6.71. The number of carbonyl (C=O) groups is 1. The lowest BCUT2D eigenvalue weighted by Gasteiger charge is -2.26. The van der Waals surface area contributed by atoms with Crippen LogP contribution in [0, 0.1) is 6.92 Å². The van der Waals surface area contributed by atoms with Crippen molar-refractivity contribution in [2.45, 2.75) is 39.5 Å². The molecule has 0 aliphatic carbocycles. The average Bonchev–Trinajstić information content (AvgIpc) is 2.36. The lowest BCUT2D eigenvalue weighted by molar-refractivity contribution is -0.136. The average molecular weight is 284 g/mol. The molecule has 0 amide bonds. The molecule has 3 nitrogen and oxygen atoms in total. The van der Waals surface area contributed by atoms with Gasteiger partial charge < -0.3 is 10.0 Å². The second-order valence-electron chi connectivity index (χ2n) is 4.77. The van der Waals surface area contributed by atoms with Crippen LogP contribution in [-0.2, 0) is 4.79 Å². The van der Waals surface area contributed by atoms with Crippen LogP contribution in [0.4, 0.5) is 5.69 Å². The number of nitrogens with zero attached hydrogens (tertiary/aromatic N) is 1. The van der Waals surface area contributed by atoms with Crippen molar-refractivity contribution < 1.29 is 9.90 Å². The molecule has 0 atom stereocenters. The smallest absolute Gasteiger partial charge is 0.305 e. The quantitative estimate of drug-likeness (QED) is 0.730. The Morgan fingerprint density at radius 2 is 2.05 bits per heavy atom.